The Labute approximate surface area is 67.3 Å². The van der Waals surface area contributed by atoms with E-state index in [4.69, 9.17) is 0 Å². The molecule has 1 N–H and O–H groups in total. The minimum atomic E-state index is 1.25. The van der Waals surface area contributed by atoms with Gasteiger partial charge in [0.25, 0.3) is 0 Å². The van der Waals surface area contributed by atoms with Crippen LogP contribution in [-0.4, -0.2) is 7.05 Å². The molecule has 0 unspecified atom stereocenters. The zero-order valence-electron chi connectivity index (χ0n) is 5.55. The molecule has 0 saturated heterocycles. The van der Waals surface area contributed by atoms with Crippen LogP contribution in [0.4, 0.5) is 5.00 Å². The quantitative estimate of drug-likeness (QED) is 0.692. The number of thiophene rings is 2. The van der Waals surface area contributed by atoms with Crippen molar-refractivity contribution in [2.75, 3.05) is 12.4 Å². The van der Waals surface area contributed by atoms with Crippen LogP contribution in [0.25, 0.3) is 9.40 Å². The largest absolute Gasteiger partial charge is 0.380 e. The van der Waals surface area contributed by atoms with E-state index in [0.717, 1.165) is 0 Å². The second-order valence-corrected chi connectivity index (χ2v) is 4.04. The second-order valence-electron chi connectivity index (χ2n) is 2.01. The van der Waals surface area contributed by atoms with Gasteiger partial charge in [0.2, 0.25) is 0 Å². The van der Waals surface area contributed by atoms with E-state index in [1.807, 2.05) is 7.05 Å². The zero-order valence-corrected chi connectivity index (χ0v) is 7.18. The van der Waals surface area contributed by atoms with Crippen LogP contribution in [-0.2, 0) is 0 Å². The van der Waals surface area contributed by atoms with E-state index in [-0.39, 0.29) is 0 Å². The molecule has 1 nitrogen and oxygen atoms in total. The first-order chi connectivity index (χ1) is 4.90. The molecular formula is C7H7NS2. The van der Waals surface area contributed by atoms with Crippen molar-refractivity contribution in [2.24, 2.45) is 0 Å². The van der Waals surface area contributed by atoms with Crippen LogP contribution in [0.2, 0.25) is 0 Å². The lowest BCUT2D eigenvalue weighted by molar-refractivity contribution is 1.60. The van der Waals surface area contributed by atoms with Gasteiger partial charge in [-0.25, -0.2) is 0 Å². The molecule has 0 fully saturated rings. The van der Waals surface area contributed by atoms with E-state index >= 15 is 0 Å². The van der Waals surface area contributed by atoms with Crippen molar-refractivity contribution in [1.29, 1.82) is 0 Å². The minimum absolute atomic E-state index is 1.25. The maximum atomic E-state index is 3.13. The predicted molar refractivity (Wildman–Crippen MR) is 49.2 cm³/mol. The lowest BCUT2D eigenvalue weighted by Crippen LogP contribution is -1.79. The Morgan fingerprint density at radius 3 is 3.00 bits per heavy atom. The van der Waals surface area contributed by atoms with Crippen molar-refractivity contribution in [3.63, 3.8) is 0 Å². The van der Waals surface area contributed by atoms with Crippen LogP contribution in [0.1, 0.15) is 0 Å². The summed E-state index contributed by atoms with van der Waals surface area (Å²) < 4.78 is 2.77. The first-order valence-corrected chi connectivity index (χ1v) is 4.74. The molecule has 0 saturated carbocycles. The molecule has 2 aromatic rings. The van der Waals surface area contributed by atoms with E-state index in [1.54, 1.807) is 22.7 Å². The van der Waals surface area contributed by atoms with Gasteiger partial charge < -0.3 is 5.32 Å². The summed E-state index contributed by atoms with van der Waals surface area (Å²) in [6.45, 7) is 0. The van der Waals surface area contributed by atoms with E-state index < -0.39 is 0 Å². The Morgan fingerprint density at radius 1 is 1.40 bits per heavy atom. The minimum Gasteiger partial charge on any atom is -0.380 e. The number of anilines is 1. The third-order valence-corrected chi connectivity index (χ3v) is 3.50. The molecule has 10 heavy (non-hydrogen) atoms. The summed E-state index contributed by atoms with van der Waals surface area (Å²) in [4.78, 5) is 0. The summed E-state index contributed by atoms with van der Waals surface area (Å²) in [5.41, 5.74) is 0. The zero-order chi connectivity index (χ0) is 6.97. The van der Waals surface area contributed by atoms with Gasteiger partial charge in [-0.05, 0) is 17.5 Å². The van der Waals surface area contributed by atoms with Crippen molar-refractivity contribution in [3.8, 4) is 0 Å². The highest BCUT2D eigenvalue weighted by molar-refractivity contribution is 7.29. The van der Waals surface area contributed by atoms with Gasteiger partial charge in [-0.1, -0.05) is 0 Å². The smallest absolute Gasteiger partial charge is 0.0900 e. The average Bonchev–Trinajstić information content (AvgIpc) is 2.42. The highest BCUT2D eigenvalue weighted by Crippen LogP contribution is 2.32. The normalized spacial score (nSPS) is 10.5. The summed E-state index contributed by atoms with van der Waals surface area (Å²) in [5, 5.41) is 6.50. The number of hydrogen-bond donors (Lipinski definition) is 1. The van der Waals surface area contributed by atoms with Gasteiger partial charge in [0.15, 0.2) is 0 Å². The molecular weight excluding hydrogens is 162 g/mol. The van der Waals surface area contributed by atoms with Gasteiger partial charge in [-0.15, -0.1) is 22.7 Å². The van der Waals surface area contributed by atoms with Gasteiger partial charge in [0.1, 0.15) is 0 Å². The van der Waals surface area contributed by atoms with E-state index in [1.165, 1.54) is 14.4 Å². The van der Waals surface area contributed by atoms with Crippen molar-refractivity contribution in [1.82, 2.24) is 0 Å². The molecule has 2 aromatic heterocycles. The van der Waals surface area contributed by atoms with Crippen LogP contribution in [0.3, 0.4) is 0 Å². The molecule has 0 spiro atoms. The molecule has 52 valence electrons. The fraction of sp³-hybridized carbons (Fsp3) is 0.143. The second kappa shape index (κ2) is 2.25. The van der Waals surface area contributed by atoms with E-state index in [2.05, 4.69) is 22.8 Å². The Bertz CT molecular complexity index is 305. The third kappa shape index (κ3) is 0.822. The van der Waals surface area contributed by atoms with Crippen LogP contribution < -0.4 is 5.32 Å². The number of rotatable bonds is 1. The van der Waals surface area contributed by atoms with Gasteiger partial charge in [0.05, 0.1) is 5.00 Å². The first-order valence-electron chi connectivity index (χ1n) is 3.05. The standard InChI is InChI=1S/C7H7NS2/c1-8-7-4-6-5(10-7)2-3-9-6/h2-4,8H,1H3. The highest BCUT2D eigenvalue weighted by Gasteiger charge is 1.98. The Kier molecular flexibility index (Phi) is 1.39. The van der Waals surface area contributed by atoms with Crippen molar-refractivity contribution in [2.45, 2.75) is 0 Å². The SMILES string of the molecule is CNc1cc2sccc2s1. The molecule has 0 aliphatic rings. The molecule has 0 aromatic carbocycles. The molecule has 0 aliphatic carbocycles. The Balaban J connectivity index is 2.67. The molecule has 0 radical (unpaired) electrons. The fourth-order valence-electron chi connectivity index (χ4n) is 0.889. The summed E-state index contributed by atoms with van der Waals surface area (Å²) in [6, 6.07) is 4.34. The van der Waals surface area contributed by atoms with Gasteiger partial charge >= 0.3 is 0 Å². The summed E-state index contributed by atoms with van der Waals surface area (Å²) in [5.74, 6) is 0. The van der Waals surface area contributed by atoms with Crippen molar-refractivity contribution >= 4 is 37.1 Å². The summed E-state index contributed by atoms with van der Waals surface area (Å²) >= 11 is 3.60. The first kappa shape index (κ1) is 6.19. The third-order valence-electron chi connectivity index (χ3n) is 1.39. The maximum Gasteiger partial charge on any atom is 0.0900 e. The molecule has 0 atom stereocenters. The summed E-state index contributed by atoms with van der Waals surface area (Å²) in [6.07, 6.45) is 0. The highest BCUT2D eigenvalue weighted by atomic mass is 32.1. The number of nitrogens with one attached hydrogen (secondary N) is 1. The number of fused-ring (bicyclic) bond motifs is 1. The molecule has 2 heterocycles. The molecule has 0 aliphatic heterocycles. The van der Waals surface area contributed by atoms with Crippen molar-refractivity contribution < 1.29 is 0 Å². The molecule has 0 amide bonds. The lowest BCUT2D eigenvalue weighted by atomic mass is 10.5. The van der Waals surface area contributed by atoms with E-state index in [9.17, 15) is 0 Å². The predicted octanol–water partition coefficient (Wildman–Crippen LogP) is 3.00. The lowest BCUT2D eigenvalue weighted by Gasteiger charge is -1.86. The monoisotopic (exact) mass is 169 g/mol. The molecule has 3 heteroatoms. The molecule has 2 rings (SSSR count). The van der Waals surface area contributed by atoms with Crippen LogP contribution in [0, 0.1) is 0 Å². The average molecular weight is 169 g/mol. The molecule has 0 bridgehead atoms. The topological polar surface area (TPSA) is 12.0 Å². The van der Waals surface area contributed by atoms with Crippen molar-refractivity contribution in [3.05, 3.63) is 17.5 Å². The fourth-order valence-corrected chi connectivity index (χ4v) is 2.85. The maximum absolute atomic E-state index is 3.13. The Hall–Kier alpha value is -0.540. The van der Waals surface area contributed by atoms with Gasteiger partial charge in [0, 0.05) is 16.4 Å². The van der Waals surface area contributed by atoms with Crippen LogP contribution >= 0.6 is 22.7 Å². The summed E-state index contributed by atoms with van der Waals surface area (Å²) in [7, 11) is 1.95. The van der Waals surface area contributed by atoms with Crippen LogP contribution in [0.5, 0.6) is 0 Å². The van der Waals surface area contributed by atoms with E-state index in [0.29, 0.717) is 0 Å². The number of hydrogen-bond acceptors (Lipinski definition) is 3. The van der Waals surface area contributed by atoms with Gasteiger partial charge in [-0.2, -0.15) is 0 Å². The van der Waals surface area contributed by atoms with Gasteiger partial charge in [-0.3, -0.25) is 0 Å². The Morgan fingerprint density at radius 2 is 2.30 bits per heavy atom. The van der Waals surface area contributed by atoms with Crippen LogP contribution in [0.15, 0.2) is 17.5 Å².